The molecule has 0 aliphatic heterocycles. The molecule has 5 atom stereocenters. The van der Waals surface area contributed by atoms with E-state index < -0.39 is 37.1 Å². The van der Waals surface area contributed by atoms with Gasteiger partial charge in [0.15, 0.2) is 23.0 Å². The van der Waals surface area contributed by atoms with Crippen molar-refractivity contribution in [1.29, 1.82) is 0 Å². The fourth-order valence-corrected chi connectivity index (χ4v) is 3.88. The first-order valence-corrected chi connectivity index (χ1v) is 11.6. The molecule has 2 aromatic rings. The molecule has 2 rings (SSSR count). The van der Waals surface area contributed by atoms with Gasteiger partial charge in [-0.05, 0) is 18.2 Å². The zero-order chi connectivity index (χ0) is 27.5. The Balaban J connectivity index is 2.49. The lowest BCUT2D eigenvalue weighted by atomic mass is 9.91. The molecule has 0 spiro atoms. The normalized spacial score (nSPS) is 15.0. The van der Waals surface area contributed by atoms with Crippen molar-refractivity contribution in [2.75, 3.05) is 35.0 Å². The van der Waals surface area contributed by atoms with Crippen LogP contribution in [0.1, 0.15) is 11.1 Å². The second-order valence-corrected chi connectivity index (χ2v) is 8.23. The second kappa shape index (κ2) is 14.6. The molecule has 2 aromatic carbocycles. The standard InChI is InChI=1S/C27H36O10/c1-34-20-12-6-9-16(26(20)36-3)8-5-10-17(14-18-11-7-13-21(35-2)27(18)37-4)22(30)24(32)25(33)23(31)19(29)15-28/h5-7,9,11-13,19,22-25,28-33H,8,14-15H2,1-4H3/t10?,19-,22?,23+,24+,25-/m0/s1. The summed E-state index contributed by atoms with van der Waals surface area (Å²) in [5, 5.41) is 60.7. The largest absolute Gasteiger partial charge is 0.493 e. The van der Waals surface area contributed by atoms with E-state index in [2.05, 4.69) is 5.73 Å². The molecule has 0 fully saturated rings. The number of rotatable bonds is 14. The molecular formula is C27H36O10. The maximum Gasteiger partial charge on any atom is 0.164 e. The van der Waals surface area contributed by atoms with Gasteiger partial charge in [0.1, 0.15) is 30.5 Å². The van der Waals surface area contributed by atoms with Gasteiger partial charge in [0.2, 0.25) is 0 Å². The summed E-state index contributed by atoms with van der Waals surface area (Å²) in [7, 11) is 6.01. The van der Waals surface area contributed by atoms with E-state index in [4.69, 9.17) is 24.1 Å². The number of ether oxygens (including phenoxy) is 4. The highest BCUT2D eigenvalue weighted by Crippen LogP contribution is 2.33. The van der Waals surface area contributed by atoms with E-state index in [0.29, 0.717) is 35.0 Å². The minimum Gasteiger partial charge on any atom is -0.493 e. The van der Waals surface area contributed by atoms with Gasteiger partial charge < -0.3 is 49.6 Å². The van der Waals surface area contributed by atoms with Crippen LogP contribution in [-0.4, -0.2) is 96.2 Å². The summed E-state index contributed by atoms with van der Waals surface area (Å²) in [5.74, 6) is 1.96. The topological polar surface area (TPSA) is 158 Å². The van der Waals surface area contributed by atoms with E-state index >= 15 is 0 Å². The van der Waals surface area contributed by atoms with Crippen LogP contribution < -0.4 is 18.9 Å². The van der Waals surface area contributed by atoms with Crippen LogP contribution in [0, 0.1) is 0 Å². The molecule has 37 heavy (non-hydrogen) atoms. The molecule has 1 unspecified atom stereocenters. The average molecular weight is 521 g/mol. The highest BCUT2D eigenvalue weighted by atomic mass is 16.5. The minimum atomic E-state index is -1.96. The molecule has 0 aliphatic carbocycles. The molecule has 0 saturated carbocycles. The van der Waals surface area contributed by atoms with Crippen molar-refractivity contribution >= 4 is 0 Å². The molecule has 0 amide bonds. The van der Waals surface area contributed by atoms with Gasteiger partial charge in [0, 0.05) is 29.5 Å². The van der Waals surface area contributed by atoms with Crippen LogP contribution in [0.5, 0.6) is 23.0 Å². The molecule has 0 radical (unpaired) electrons. The highest BCUT2D eigenvalue weighted by Gasteiger charge is 2.35. The molecule has 0 heterocycles. The van der Waals surface area contributed by atoms with Crippen LogP contribution in [0.15, 0.2) is 53.8 Å². The van der Waals surface area contributed by atoms with E-state index in [1.54, 1.807) is 36.4 Å². The zero-order valence-corrected chi connectivity index (χ0v) is 21.4. The predicted octanol–water partition coefficient (Wildman–Crippen LogP) is 0.384. The van der Waals surface area contributed by atoms with Crippen molar-refractivity contribution < 1.29 is 49.6 Å². The number of aliphatic hydroxyl groups is 6. The Hall–Kier alpha value is -3.08. The van der Waals surface area contributed by atoms with Gasteiger partial charge in [-0.25, -0.2) is 0 Å². The van der Waals surface area contributed by atoms with Crippen molar-refractivity contribution in [3.05, 3.63) is 64.9 Å². The van der Waals surface area contributed by atoms with Crippen LogP contribution in [0.3, 0.4) is 0 Å². The van der Waals surface area contributed by atoms with Crippen molar-refractivity contribution in [2.24, 2.45) is 0 Å². The van der Waals surface area contributed by atoms with Gasteiger partial charge in [0.05, 0.1) is 35.0 Å². The lowest BCUT2D eigenvalue weighted by Crippen LogP contribution is -2.50. The predicted molar refractivity (Wildman–Crippen MR) is 135 cm³/mol. The Morgan fingerprint density at radius 2 is 1.30 bits per heavy atom. The van der Waals surface area contributed by atoms with Crippen LogP contribution in [0.2, 0.25) is 0 Å². The SMILES string of the molecule is COc1cccc(CC=C=C(Cc2cccc(OC)c2OC)C(O)[C@@H](O)[C@@H](O)[C@H](O)[C@@H](O)CO)c1OC. The number of hydrogen-bond acceptors (Lipinski definition) is 10. The monoisotopic (exact) mass is 520 g/mol. The summed E-state index contributed by atoms with van der Waals surface area (Å²) in [6.07, 6.45) is -7.18. The summed E-state index contributed by atoms with van der Waals surface area (Å²) in [4.78, 5) is 0. The van der Waals surface area contributed by atoms with E-state index in [1.807, 2.05) is 6.07 Å². The number of benzene rings is 2. The second-order valence-electron chi connectivity index (χ2n) is 8.23. The smallest absolute Gasteiger partial charge is 0.164 e. The Morgan fingerprint density at radius 1 is 0.757 bits per heavy atom. The first-order chi connectivity index (χ1) is 17.7. The molecule has 10 nitrogen and oxygen atoms in total. The number of aliphatic hydroxyl groups excluding tert-OH is 6. The molecule has 0 aliphatic rings. The molecule has 204 valence electrons. The fraction of sp³-hybridized carbons (Fsp3) is 0.444. The van der Waals surface area contributed by atoms with Crippen molar-refractivity contribution in [3.8, 4) is 23.0 Å². The summed E-state index contributed by atoms with van der Waals surface area (Å²) in [6, 6.07) is 10.6. The lowest BCUT2D eigenvalue weighted by Gasteiger charge is -2.29. The number of para-hydroxylation sites is 2. The van der Waals surface area contributed by atoms with Gasteiger partial charge in [-0.2, -0.15) is 0 Å². The van der Waals surface area contributed by atoms with Gasteiger partial charge in [-0.3, -0.25) is 0 Å². The summed E-state index contributed by atoms with van der Waals surface area (Å²) < 4.78 is 21.6. The molecule has 10 heteroatoms. The molecule has 6 N–H and O–H groups in total. The van der Waals surface area contributed by atoms with E-state index in [-0.39, 0.29) is 12.0 Å². The third-order valence-corrected chi connectivity index (χ3v) is 5.92. The van der Waals surface area contributed by atoms with E-state index in [9.17, 15) is 25.5 Å². The van der Waals surface area contributed by atoms with Crippen molar-refractivity contribution in [2.45, 2.75) is 43.4 Å². The van der Waals surface area contributed by atoms with Crippen LogP contribution in [-0.2, 0) is 12.8 Å². The number of methoxy groups -OCH3 is 4. The first-order valence-electron chi connectivity index (χ1n) is 11.6. The third-order valence-electron chi connectivity index (χ3n) is 5.92. The maximum atomic E-state index is 11.0. The Labute approximate surface area is 216 Å². The van der Waals surface area contributed by atoms with Gasteiger partial charge in [-0.1, -0.05) is 24.3 Å². The Bertz CT molecular complexity index is 1060. The minimum absolute atomic E-state index is 0.0374. The van der Waals surface area contributed by atoms with Gasteiger partial charge in [0.25, 0.3) is 0 Å². The quantitative estimate of drug-likeness (QED) is 0.192. The molecule has 0 aromatic heterocycles. The summed E-state index contributed by atoms with van der Waals surface area (Å²) in [6.45, 7) is -0.840. The maximum absolute atomic E-state index is 11.0. The van der Waals surface area contributed by atoms with Gasteiger partial charge >= 0.3 is 0 Å². The van der Waals surface area contributed by atoms with Crippen LogP contribution >= 0.6 is 0 Å². The molecule has 0 bridgehead atoms. The van der Waals surface area contributed by atoms with Crippen molar-refractivity contribution in [3.63, 3.8) is 0 Å². The number of hydrogen-bond donors (Lipinski definition) is 6. The van der Waals surface area contributed by atoms with E-state index in [0.717, 1.165) is 5.56 Å². The fourth-order valence-electron chi connectivity index (χ4n) is 3.88. The average Bonchev–Trinajstić information content (AvgIpc) is 2.93. The molecular weight excluding hydrogens is 484 g/mol. The zero-order valence-electron chi connectivity index (χ0n) is 21.4. The van der Waals surface area contributed by atoms with Crippen molar-refractivity contribution in [1.82, 2.24) is 0 Å². The summed E-state index contributed by atoms with van der Waals surface area (Å²) in [5.41, 5.74) is 4.54. The van der Waals surface area contributed by atoms with Crippen LogP contribution in [0.4, 0.5) is 0 Å². The van der Waals surface area contributed by atoms with Gasteiger partial charge in [-0.15, -0.1) is 5.73 Å². The lowest BCUT2D eigenvalue weighted by molar-refractivity contribution is -0.134. The molecule has 0 saturated heterocycles. The van der Waals surface area contributed by atoms with E-state index in [1.165, 1.54) is 28.4 Å². The Morgan fingerprint density at radius 3 is 1.81 bits per heavy atom. The van der Waals surface area contributed by atoms with Crippen LogP contribution in [0.25, 0.3) is 0 Å². The third kappa shape index (κ3) is 7.47. The summed E-state index contributed by atoms with van der Waals surface area (Å²) >= 11 is 0. The first kappa shape index (κ1) is 30.1. The Kier molecular flexibility index (Phi) is 11.9. The highest BCUT2D eigenvalue weighted by molar-refractivity contribution is 5.49.